The van der Waals surface area contributed by atoms with Crippen molar-refractivity contribution in [2.45, 2.75) is 13.0 Å². The second-order valence-corrected chi connectivity index (χ2v) is 4.69. The first-order valence-electron chi connectivity index (χ1n) is 6.22. The van der Waals surface area contributed by atoms with Crippen LogP contribution >= 0.6 is 11.6 Å². The van der Waals surface area contributed by atoms with E-state index in [1.807, 2.05) is 18.2 Å². The van der Waals surface area contributed by atoms with Crippen molar-refractivity contribution in [1.29, 1.82) is 0 Å². The third kappa shape index (κ3) is 3.41. The molecule has 7 heteroatoms. The van der Waals surface area contributed by atoms with Crippen molar-refractivity contribution in [3.05, 3.63) is 46.9 Å². The zero-order chi connectivity index (χ0) is 15.4. The Hall–Kier alpha value is -2.34. The van der Waals surface area contributed by atoms with E-state index < -0.39 is 12.0 Å². The molecule has 0 amide bonds. The van der Waals surface area contributed by atoms with Gasteiger partial charge in [0.1, 0.15) is 0 Å². The summed E-state index contributed by atoms with van der Waals surface area (Å²) in [4.78, 5) is 20.0. The van der Waals surface area contributed by atoms with Gasteiger partial charge < -0.3 is 15.8 Å². The number of carbonyl (C=O) groups excluding carboxylic acids is 1. The van der Waals surface area contributed by atoms with E-state index in [9.17, 15) is 4.79 Å². The molecule has 2 aromatic rings. The summed E-state index contributed by atoms with van der Waals surface area (Å²) >= 11 is 5.83. The predicted molar refractivity (Wildman–Crippen MR) is 81.0 cm³/mol. The van der Waals surface area contributed by atoms with Crippen LogP contribution in [0.1, 0.15) is 17.3 Å². The summed E-state index contributed by atoms with van der Waals surface area (Å²) in [6.45, 7) is 1.71. The normalized spacial score (nSPS) is 11.8. The molecule has 1 aromatic carbocycles. The number of nitrogens with zero attached hydrogens (tertiary/aromatic N) is 2. The third-order valence-electron chi connectivity index (χ3n) is 2.96. The molecule has 0 spiro atoms. The number of hydrogen-bond donors (Lipinski definition) is 2. The van der Waals surface area contributed by atoms with Gasteiger partial charge in [0.2, 0.25) is 5.28 Å². The molecule has 21 heavy (non-hydrogen) atoms. The van der Waals surface area contributed by atoms with Gasteiger partial charge in [0.15, 0.2) is 11.9 Å². The number of hydrogen-bond acceptors (Lipinski definition) is 6. The number of nitrogen functional groups attached to an aromatic ring is 1. The smallest absolute Gasteiger partial charge is 0.333 e. The predicted octanol–water partition coefficient (Wildman–Crippen LogP) is 2.35. The lowest BCUT2D eigenvalue weighted by Crippen LogP contribution is -2.23. The maximum Gasteiger partial charge on any atom is 0.333 e. The molecule has 110 valence electrons. The lowest BCUT2D eigenvalue weighted by atomic mass is 10.1. The van der Waals surface area contributed by atoms with Crippen molar-refractivity contribution < 1.29 is 9.53 Å². The quantitative estimate of drug-likeness (QED) is 0.665. The standard InChI is InChI=1S/C14H15ClN4O2/c1-8-10(16)12(19-14(15)17-8)18-11(13(20)21-2)9-6-4-3-5-7-9/h3-7,11H,16H2,1-2H3,(H,17,18,19). The Labute approximate surface area is 127 Å². The van der Waals surface area contributed by atoms with Crippen LogP contribution in [0.25, 0.3) is 0 Å². The van der Waals surface area contributed by atoms with Gasteiger partial charge in [-0.3, -0.25) is 0 Å². The number of aryl methyl sites for hydroxylation is 1. The summed E-state index contributed by atoms with van der Waals surface area (Å²) in [7, 11) is 1.32. The average molecular weight is 307 g/mol. The molecule has 0 saturated carbocycles. The molecule has 2 rings (SSSR count). The summed E-state index contributed by atoms with van der Waals surface area (Å²) in [5, 5.41) is 3.02. The van der Waals surface area contributed by atoms with Crippen LogP contribution in [0, 0.1) is 6.92 Å². The molecule has 0 fully saturated rings. The summed E-state index contributed by atoms with van der Waals surface area (Å²) in [5.41, 5.74) is 7.53. The number of aromatic nitrogens is 2. The van der Waals surface area contributed by atoms with E-state index in [4.69, 9.17) is 22.1 Å². The Morgan fingerprint density at radius 3 is 2.62 bits per heavy atom. The van der Waals surface area contributed by atoms with E-state index >= 15 is 0 Å². The number of halogens is 1. The Bertz CT molecular complexity index is 649. The van der Waals surface area contributed by atoms with Crippen LogP contribution in [-0.4, -0.2) is 23.0 Å². The van der Waals surface area contributed by atoms with Gasteiger partial charge >= 0.3 is 5.97 Å². The minimum atomic E-state index is -0.733. The number of methoxy groups -OCH3 is 1. The number of rotatable bonds is 4. The highest BCUT2D eigenvalue weighted by Crippen LogP contribution is 2.26. The fourth-order valence-corrected chi connectivity index (χ4v) is 2.05. The number of benzene rings is 1. The van der Waals surface area contributed by atoms with E-state index in [-0.39, 0.29) is 5.28 Å². The molecule has 0 aliphatic heterocycles. The van der Waals surface area contributed by atoms with Crippen molar-refractivity contribution in [2.24, 2.45) is 0 Å². The molecule has 0 saturated heterocycles. The van der Waals surface area contributed by atoms with Gasteiger partial charge in [0.05, 0.1) is 18.5 Å². The van der Waals surface area contributed by atoms with Gasteiger partial charge in [-0.25, -0.2) is 9.78 Å². The number of nitrogens with one attached hydrogen (secondary N) is 1. The fourth-order valence-electron chi connectivity index (χ4n) is 1.84. The summed E-state index contributed by atoms with van der Waals surface area (Å²) in [6, 6.07) is 8.39. The number of esters is 1. The zero-order valence-corrected chi connectivity index (χ0v) is 12.4. The van der Waals surface area contributed by atoms with Gasteiger partial charge in [-0.05, 0) is 24.1 Å². The Morgan fingerprint density at radius 2 is 2.00 bits per heavy atom. The van der Waals surface area contributed by atoms with Crippen molar-refractivity contribution in [2.75, 3.05) is 18.2 Å². The van der Waals surface area contributed by atoms with Crippen molar-refractivity contribution in [3.63, 3.8) is 0 Å². The monoisotopic (exact) mass is 306 g/mol. The van der Waals surface area contributed by atoms with Crippen molar-refractivity contribution in [3.8, 4) is 0 Å². The van der Waals surface area contributed by atoms with Crippen LogP contribution < -0.4 is 11.1 Å². The Balaban J connectivity index is 2.39. The molecule has 1 unspecified atom stereocenters. The van der Waals surface area contributed by atoms with E-state index in [0.29, 0.717) is 17.2 Å². The van der Waals surface area contributed by atoms with Gasteiger partial charge in [-0.1, -0.05) is 30.3 Å². The van der Waals surface area contributed by atoms with Crippen LogP contribution in [0.15, 0.2) is 30.3 Å². The van der Waals surface area contributed by atoms with Gasteiger partial charge in [-0.15, -0.1) is 0 Å². The van der Waals surface area contributed by atoms with E-state index in [0.717, 1.165) is 5.56 Å². The number of anilines is 2. The number of carbonyl (C=O) groups is 1. The van der Waals surface area contributed by atoms with Crippen LogP contribution in [0.4, 0.5) is 11.5 Å². The van der Waals surface area contributed by atoms with Crippen molar-refractivity contribution in [1.82, 2.24) is 9.97 Å². The molecule has 3 N–H and O–H groups in total. The van der Waals surface area contributed by atoms with Crippen LogP contribution in [-0.2, 0) is 9.53 Å². The van der Waals surface area contributed by atoms with Crippen LogP contribution in [0.5, 0.6) is 0 Å². The molecular formula is C14H15ClN4O2. The minimum absolute atomic E-state index is 0.0564. The molecule has 0 aliphatic carbocycles. The maximum absolute atomic E-state index is 12.0. The van der Waals surface area contributed by atoms with Crippen LogP contribution in [0.2, 0.25) is 5.28 Å². The first-order valence-corrected chi connectivity index (χ1v) is 6.59. The minimum Gasteiger partial charge on any atom is -0.467 e. The van der Waals surface area contributed by atoms with Crippen LogP contribution in [0.3, 0.4) is 0 Å². The second kappa shape index (κ2) is 6.41. The molecule has 0 bridgehead atoms. The first kappa shape index (κ1) is 15.1. The highest BCUT2D eigenvalue weighted by Gasteiger charge is 2.23. The Kier molecular flexibility index (Phi) is 4.59. The average Bonchev–Trinajstić information content (AvgIpc) is 2.49. The number of ether oxygens (including phenoxy) is 1. The van der Waals surface area contributed by atoms with Crippen molar-refractivity contribution >= 4 is 29.1 Å². The molecular weight excluding hydrogens is 292 g/mol. The molecule has 0 aliphatic rings. The Morgan fingerprint density at radius 1 is 1.33 bits per heavy atom. The SMILES string of the molecule is COC(=O)C(Nc1nc(Cl)nc(C)c1N)c1ccccc1. The topological polar surface area (TPSA) is 90.1 Å². The van der Waals surface area contributed by atoms with Gasteiger partial charge in [0, 0.05) is 0 Å². The largest absolute Gasteiger partial charge is 0.467 e. The molecule has 0 radical (unpaired) electrons. The highest BCUT2D eigenvalue weighted by atomic mass is 35.5. The zero-order valence-electron chi connectivity index (χ0n) is 11.6. The third-order valence-corrected chi connectivity index (χ3v) is 3.13. The summed E-state index contributed by atoms with van der Waals surface area (Å²) in [6.07, 6.45) is 0. The van der Waals surface area contributed by atoms with Gasteiger partial charge in [0.25, 0.3) is 0 Å². The molecule has 6 nitrogen and oxygen atoms in total. The summed E-state index contributed by atoms with van der Waals surface area (Å²) < 4.78 is 4.82. The lowest BCUT2D eigenvalue weighted by Gasteiger charge is -2.19. The fraction of sp³-hybridized carbons (Fsp3) is 0.214. The van der Waals surface area contributed by atoms with E-state index in [1.54, 1.807) is 19.1 Å². The highest BCUT2D eigenvalue weighted by molar-refractivity contribution is 6.28. The molecule has 1 aromatic heterocycles. The number of nitrogens with two attached hydrogens (primary N) is 1. The molecule has 1 atom stereocenters. The first-order chi connectivity index (χ1) is 10.0. The summed E-state index contributed by atoms with van der Waals surface area (Å²) in [5.74, 6) is -0.153. The molecule has 1 heterocycles. The van der Waals surface area contributed by atoms with E-state index in [1.165, 1.54) is 7.11 Å². The maximum atomic E-state index is 12.0. The second-order valence-electron chi connectivity index (χ2n) is 4.35. The van der Waals surface area contributed by atoms with E-state index in [2.05, 4.69) is 15.3 Å². The van der Waals surface area contributed by atoms with Gasteiger partial charge in [-0.2, -0.15) is 4.98 Å². The lowest BCUT2D eigenvalue weighted by molar-refractivity contribution is -0.141.